The summed E-state index contributed by atoms with van der Waals surface area (Å²) in [6.45, 7) is 5.11. The first-order valence-corrected chi connectivity index (χ1v) is 7.39. The number of benzene rings is 1. The van der Waals surface area contributed by atoms with Gasteiger partial charge in [-0.1, -0.05) is 0 Å². The number of nitrogens with zero attached hydrogens (tertiary/aromatic N) is 1. The zero-order valence-electron chi connectivity index (χ0n) is 14.0. The molecule has 0 radical (unpaired) electrons. The van der Waals surface area contributed by atoms with E-state index in [0.717, 1.165) is 18.2 Å². The van der Waals surface area contributed by atoms with Crippen LogP contribution in [0.2, 0.25) is 0 Å². The maximum Gasteiger partial charge on any atom is 0.412 e. The lowest BCUT2D eigenvalue weighted by Gasteiger charge is -2.20. The van der Waals surface area contributed by atoms with Crippen LogP contribution in [-0.4, -0.2) is 27.7 Å². The second kappa shape index (κ2) is 7.16. The minimum atomic E-state index is -0.747. The van der Waals surface area contributed by atoms with Gasteiger partial charge in [0.05, 0.1) is 23.1 Å². The van der Waals surface area contributed by atoms with Crippen molar-refractivity contribution in [2.75, 3.05) is 10.6 Å². The first-order chi connectivity index (χ1) is 11.7. The van der Waals surface area contributed by atoms with Crippen LogP contribution in [0.4, 0.5) is 20.6 Å². The van der Waals surface area contributed by atoms with Crippen LogP contribution in [0.5, 0.6) is 5.75 Å². The molecule has 0 spiro atoms. The van der Waals surface area contributed by atoms with E-state index in [2.05, 4.69) is 15.6 Å². The molecule has 0 atom stereocenters. The van der Waals surface area contributed by atoms with Gasteiger partial charge in [0.2, 0.25) is 0 Å². The molecule has 0 aliphatic carbocycles. The van der Waals surface area contributed by atoms with Crippen LogP contribution in [0.3, 0.4) is 0 Å². The van der Waals surface area contributed by atoms with Gasteiger partial charge in [-0.15, -0.1) is 0 Å². The quantitative estimate of drug-likeness (QED) is 0.738. The van der Waals surface area contributed by atoms with Gasteiger partial charge in [-0.3, -0.25) is 15.1 Å². The lowest BCUT2D eigenvalue weighted by Crippen LogP contribution is -2.28. The van der Waals surface area contributed by atoms with Gasteiger partial charge in [-0.25, -0.2) is 9.18 Å². The lowest BCUT2D eigenvalue weighted by molar-refractivity contribution is 0.0636. The zero-order chi connectivity index (χ0) is 18.6. The molecule has 1 heterocycles. The Morgan fingerprint density at radius 3 is 2.56 bits per heavy atom. The van der Waals surface area contributed by atoms with Gasteiger partial charge in [0, 0.05) is 12.3 Å². The molecule has 0 unspecified atom stereocenters. The molecule has 1 aromatic carbocycles. The van der Waals surface area contributed by atoms with Crippen molar-refractivity contribution in [1.29, 1.82) is 0 Å². The van der Waals surface area contributed by atoms with Gasteiger partial charge >= 0.3 is 6.09 Å². The predicted molar refractivity (Wildman–Crippen MR) is 90.1 cm³/mol. The fraction of sp³-hybridized carbons (Fsp3) is 0.235. The van der Waals surface area contributed by atoms with E-state index in [-0.39, 0.29) is 22.7 Å². The van der Waals surface area contributed by atoms with Gasteiger partial charge in [-0.2, -0.15) is 0 Å². The standard InChI is InChI=1S/C17H18FN3O4/c1-17(2,3)25-16(24)21-13-9-19-7-6-11(13)15(23)20-12-8-10(18)4-5-14(12)22/h4-9,22H,1-3H3,(H,20,23)(H,21,24). The Morgan fingerprint density at radius 2 is 1.88 bits per heavy atom. The summed E-state index contributed by atoms with van der Waals surface area (Å²) in [5.41, 5.74) is -0.609. The molecule has 2 amide bonds. The molecule has 1 aromatic heterocycles. The molecular formula is C17H18FN3O4. The minimum absolute atomic E-state index is 0.0736. The summed E-state index contributed by atoms with van der Waals surface area (Å²) in [7, 11) is 0. The Hall–Kier alpha value is -3.16. The zero-order valence-corrected chi connectivity index (χ0v) is 14.0. The highest BCUT2D eigenvalue weighted by Gasteiger charge is 2.19. The van der Waals surface area contributed by atoms with Crippen molar-refractivity contribution in [1.82, 2.24) is 4.98 Å². The molecule has 132 valence electrons. The molecule has 8 heteroatoms. The lowest BCUT2D eigenvalue weighted by atomic mass is 10.2. The molecule has 0 saturated carbocycles. The number of carbonyl (C=O) groups excluding carboxylic acids is 2. The molecule has 0 saturated heterocycles. The molecular weight excluding hydrogens is 329 g/mol. The first-order valence-electron chi connectivity index (χ1n) is 7.39. The maximum absolute atomic E-state index is 13.3. The van der Waals surface area contributed by atoms with Crippen molar-refractivity contribution < 1.29 is 23.8 Å². The number of hydrogen-bond donors (Lipinski definition) is 3. The van der Waals surface area contributed by atoms with Crippen molar-refractivity contribution in [3.05, 3.63) is 48.0 Å². The van der Waals surface area contributed by atoms with E-state index in [4.69, 9.17) is 4.74 Å². The van der Waals surface area contributed by atoms with Gasteiger partial charge in [0.15, 0.2) is 0 Å². The Morgan fingerprint density at radius 1 is 1.16 bits per heavy atom. The average molecular weight is 347 g/mol. The number of anilines is 2. The van der Waals surface area contributed by atoms with Crippen molar-refractivity contribution in [2.45, 2.75) is 26.4 Å². The highest BCUT2D eigenvalue weighted by molar-refractivity contribution is 6.09. The van der Waals surface area contributed by atoms with Crippen LogP contribution >= 0.6 is 0 Å². The normalized spacial score (nSPS) is 10.9. The number of pyridine rings is 1. The van der Waals surface area contributed by atoms with E-state index in [1.807, 2.05) is 0 Å². The van der Waals surface area contributed by atoms with Crippen LogP contribution in [0.25, 0.3) is 0 Å². The third kappa shape index (κ3) is 5.17. The summed E-state index contributed by atoms with van der Waals surface area (Å²) in [5.74, 6) is -1.56. The number of amides is 2. The van der Waals surface area contributed by atoms with Crippen LogP contribution < -0.4 is 10.6 Å². The van der Waals surface area contributed by atoms with E-state index in [0.29, 0.717) is 0 Å². The highest BCUT2D eigenvalue weighted by atomic mass is 19.1. The largest absolute Gasteiger partial charge is 0.506 e. The molecule has 0 fully saturated rings. The van der Waals surface area contributed by atoms with E-state index in [9.17, 15) is 19.1 Å². The fourth-order valence-corrected chi connectivity index (χ4v) is 1.90. The molecule has 3 N–H and O–H groups in total. The summed E-state index contributed by atoms with van der Waals surface area (Å²) in [6.07, 6.45) is 1.90. The summed E-state index contributed by atoms with van der Waals surface area (Å²) >= 11 is 0. The third-order valence-corrected chi connectivity index (χ3v) is 2.91. The number of hydrogen-bond acceptors (Lipinski definition) is 5. The molecule has 7 nitrogen and oxygen atoms in total. The number of nitrogens with one attached hydrogen (secondary N) is 2. The molecule has 0 aliphatic heterocycles. The molecule has 25 heavy (non-hydrogen) atoms. The predicted octanol–water partition coefficient (Wildman–Crippen LogP) is 3.53. The Kier molecular flexibility index (Phi) is 5.21. The SMILES string of the molecule is CC(C)(C)OC(=O)Nc1cnccc1C(=O)Nc1cc(F)ccc1O. The summed E-state index contributed by atoms with van der Waals surface area (Å²) in [5, 5.41) is 14.5. The highest BCUT2D eigenvalue weighted by Crippen LogP contribution is 2.25. The second-order valence-electron chi connectivity index (χ2n) is 6.16. The third-order valence-electron chi connectivity index (χ3n) is 2.91. The first kappa shape index (κ1) is 18.2. The van der Waals surface area contributed by atoms with E-state index in [1.165, 1.54) is 18.5 Å². The molecule has 2 aromatic rings. The van der Waals surface area contributed by atoms with Gasteiger partial charge in [0.25, 0.3) is 5.91 Å². The van der Waals surface area contributed by atoms with Crippen molar-refractivity contribution >= 4 is 23.4 Å². The number of rotatable bonds is 3. The Labute approximate surface area is 143 Å². The van der Waals surface area contributed by atoms with Gasteiger partial charge in [-0.05, 0) is 39.0 Å². The number of phenols is 1. The number of carbonyl (C=O) groups is 2. The van der Waals surface area contributed by atoms with E-state index < -0.39 is 23.4 Å². The van der Waals surface area contributed by atoms with Crippen molar-refractivity contribution in [3.8, 4) is 5.75 Å². The van der Waals surface area contributed by atoms with Gasteiger partial charge in [0.1, 0.15) is 17.2 Å². The Balaban J connectivity index is 2.20. The number of aromatic hydroxyl groups is 1. The van der Waals surface area contributed by atoms with Crippen LogP contribution in [-0.2, 0) is 4.74 Å². The molecule has 2 rings (SSSR count). The van der Waals surface area contributed by atoms with E-state index >= 15 is 0 Å². The van der Waals surface area contributed by atoms with Crippen molar-refractivity contribution in [3.63, 3.8) is 0 Å². The average Bonchev–Trinajstić information content (AvgIpc) is 2.49. The number of ether oxygens (including phenoxy) is 1. The fourth-order valence-electron chi connectivity index (χ4n) is 1.90. The smallest absolute Gasteiger partial charge is 0.412 e. The molecule has 0 aliphatic rings. The Bertz CT molecular complexity index is 803. The number of halogens is 1. The molecule has 0 bridgehead atoms. The van der Waals surface area contributed by atoms with Crippen LogP contribution in [0.15, 0.2) is 36.7 Å². The monoisotopic (exact) mass is 347 g/mol. The number of aromatic nitrogens is 1. The second-order valence-corrected chi connectivity index (χ2v) is 6.16. The van der Waals surface area contributed by atoms with E-state index in [1.54, 1.807) is 20.8 Å². The van der Waals surface area contributed by atoms with Gasteiger partial charge < -0.3 is 15.2 Å². The van der Waals surface area contributed by atoms with Crippen LogP contribution in [0, 0.1) is 5.82 Å². The summed E-state index contributed by atoms with van der Waals surface area (Å²) in [4.78, 5) is 28.1. The number of phenolic OH excluding ortho intramolecular Hbond substituents is 1. The maximum atomic E-state index is 13.3. The van der Waals surface area contributed by atoms with Crippen molar-refractivity contribution in [2.24, 2.45) is 0 Å². The summed E-state index contributed by atoms with van der Waals surface area (Å²) in [6, 6.07) is 4.54. The topological polar surface area (TPSA) is 101 Å². The minimum Gasteiger partial charge on any atom is -0.506 e. The summed E-state index contributed by atoms with van der Waals surface area (Å²) < 4.78 is 18.4. The van der Waals surface area contributed by atoms with Crippen LogP contribution in [0.1, 0.15) is 31.1 Å².